The van der Waals surface area contributed by atoms with E-state index in [2.05, 4.69) is 10.6 Å². The fourth-order valence-electron chi connectivity index (χ4n) is 2.70. The van der Waals surface area contributed by atoms with Gasteiger partial charge in [0.05, 0.1) is 10.6 Å². The minimum absolute atomic E-state index is 0.158. The van der Waals surface area contributed by atoms with Gasteiger partial charge in [-0.2, -0.15) is 0 Å². The van der Waals surface area contributed by atoms with E-state index in [1.807, 2.05) is 0 Å². The SMILES string of the molecule is CC(NC(=O)c1ccccc1Cl)C(=O)OC(C)C(=O)NC1CCCC1. The Bertz CT molecular complexity index is 644. The molecule has 2 atom stereocenters. The number of nitrogens with one attached hydrogen (secondary N) is 2. The van der Waals surface area contributed by atoms with E-state index in [1.54, 1.807) is 24.3 Å². The Morgan fingerprint density at radius 1 is 1.16 bits per heavy atom. The van der Waals surface area contributed by atoms with Crippen LogP contribution in [0.4, 0.5) is 0 Å². The van der Waals surface area contributed by atoms with Crippen molar-refractivity contribution >= 4 is 29.4 Å². The predicted octanol–water partition coefficient (Wildman–Crippen LogP) is 2.45. The van der Waals surface area contributed by atoms with Gasteiger partial charge in [0, 0.05) is 6.04 Å². The van der Waals surface area contributed by atoms with Crippen LogP contribution in [-0.4, -0.2) is 36.0 Å². The molecule has 0 bridgehead atoms. The molecule has 1 aliphatic rings. The van der Waals surface area contributed by atoms with E-state index < -0.39 is 24.0 Å². The Morgan fingerprint density at radius 2 is 1.80 bits per heavy atom. The molecule has 6 nitrogen and oxygen atoms in total. The van der Waals surface area contributed by atoms with Crippen molar-refractivity contribution < 1.29 is 19.1 Å². The van der Waals surface area contributed by atoms with E-state index in [4.69, 9.17) is 16.3 Å². The molecule has 0 heterocycles. The number of ether oxygens (including phenoxy) is 1. The van der Waals surface area contributed by atoms with E-state index in [0.29, 0.717) is 5.02 Å². The topological polar surface area (TPSA) is 84.5 Å². The lowest BCUT2D eigenvalue weighted by Crippen LogP contribution is -2.45. The number of esters is 1. The van der Waals surface area contributed by atoms with Crippen LogP contribution in [-0.2, 0) is 14.3 Å². The minimum Gasteiger partial charge on any atom is -0.451 e. The van der Waals surface area contributed by atoms with Crippen LogP contribution in [0.3, 0.4) is 0 Å². The molecule has 2 unspecified atom stereocenters. The Balaban J connectivity index is 1.83. The van der Waals surface area contributed by atoms with Gasteiger partial charge in [0.25, 0.3) is 11.8 Å². The summed E-state index contributed by atoms with van der Waals surface area (Å²) in [7, 11) is 0. The van der Waals surface area contributed by atoms with Crippen molar-refractivity contribution in [2.24, 2.45) is 0 Å². The van der Waals surface area contributed by atoms with Gasteiger partial charge in [-0.05, 0) is 38.8 Å². The zero-order chi connectivity index (χ0) is 18.4. The maximum absolute atomic E-state index is 12.1. The van der Waals surface area contributed by atoms with Gasteiger partial charge in [0.1, 0.15) is 6.04 Å². The summed E-state index contributed by atoms with van der Waals surface area (Å²) in [5.74, 6) is -1.46. The molecule has 0 aromatic heterocycles. The lowest BCUT2D eigenvalue weighted by molar-refractivity contribution is -0.156. The summed E-state index contributed by atoms with van der Waals surface area (Å²) in [6.07, 6.45) is 3.20. The summed E-state index contributed by atoms with van der Waals surface area (Å²) in [4.78, 5) is 36.3. The molecule has 1 fully saturated rings. The van der Waals surface area contributed by atoms with Gasteiger partial charge in [0.2, 0.25) is 0 Å². The molecule has 2 rings (SSSR count). The van der Waals surface area contributed by atoms with E-state index >= 15 is 0 Å². The van der Waals surface area contributed by atoms with Crippen molar-refractivity contribution in [3.63, 3.8) is 0 Å². The smallest absolute Gasteiger partial charge is 0.329 e. The molecule has 1 aromatic rings. The quantitative estimate of drug-likeness (QED) is 0.757. The van der Waals surface area contributed by atoms with Crippen LogP contribution in [0.25, 0.3) is 0 Å². The van der Waals surface area contributed by atoms with Gasteiger partial charge >= 0.3 is 5.97 Å². The molecule has 7 heteroatoms. The average Bonchev–Trinajstić information content (AvgIpc) is 3.07. The van der Waals surface area contributed by atoms with E-state index in [0.717, 1.165) is 25.7 Å². The fraction of sp³-hybridized carbons (Fsp3) is 0.500. The Labute approximate surface area is 152 Å². The average molecular weight is 367 g/mol. The number of hydrogen-bond donors (Lipinski definition) is 2. The second-order valence-corrected chi connectivity index (χ2v) is 6.65. The fourth-order valence-corrected chi connectivity index (χ4v) is 2.92. The van der Waals surface area contributed by atoms with Crippen LogP contribution in [0, 0.1) is 0 Å². The van der Waals surface area contributed by atoms with Gasteiger partial charge in [-0.25, -0.2) is 4.79 Å². The molecular weight excluding hydrogens is 344 g/mol. The zero-order valence-electron chi connectivity index (χ0n) is 14.4. The highest BCUT2D eigenvalue weighted by Crippen LogP contribution is 2.18. The Kier molecular flexibility index (Phi) is 6.82. The first kappa shape index (κ1) is 19.2. The third-order valence-electron chi connectivity index (χ3n) is 4.18. The zero-order valence-corrected chi connectivity index (χ0v) is 15.1. The lowest BCUT2D eigenvalue weighted by atomic mass is 10.2. The van der Waals surface area contributed by atoms with Gasteiger partial charge < -0.3 is 15.4 Å². The molecule has 25 heavy (non-hydrogen) atoms. The summed E-state index contributed by atoms with van der Waals surface area (Å²) in [5.41, 5.74) is 0.274. The first-order valence-corrected chi connectivity index (χ1v) is 8.82. The minimum atomic E-state index is -0.909. The second kappa shape index (κ2) is 8.85. The first-order chi connectivity index (χ1) is 11.9. The molecule has 1 aromatic carbocycles. The van der Waals surface area contributed by atoms with Crippen LogP contribution < -0.4 is 10.6 Å². The largest absolute Gasteiger partial charge is 0.451 e. The molecule has 1 saturated carbocycles. The number of carbonyl (C=O) groups is 3. The predicted molar refractivity (Wildman–Crippen MR) is 94.3 cm³/mol. The third-order valence-corrected chi connectivity index (χ3v) is 4.51. The number of carbonyl (C=O) groups excluding carboxylic acids is 3. The first-order valence-electron chi connectivity index (χ1n) is 8.44. The molecular formula is C18H23ClN2O4. The summed E-state index contributed by atoms with van der Waals surface area (Å²) in [5, 5.41) is 5.70. The Morgan fingerprint density at radius 3 is 2.44 bits per heavy atom. The maximum Gasteiger partial charge on any atom is 0.329 e. The third kappa shape index (κ3) is 5.46. The van der Waals surface area contributed by atoms with Crippen LogP contribution in [0.2, 0.25) is 5.02 Å². The summed E-state index contributed by atoms with van der Waals surface area (Å²) >= 11 is 5.96. The van der Waals surface area contributed by atoms with Crippen molar-refractivity contribution in [3.8, 4) is 0 Å². The van der Waals surface area contributed by atoms with Crippen LogP contribution in [0.5, 0.6) is 0 Å². The van der Waals surface area contributed by atoms with Gasteiger partial charge in [0.15, 0.2) is 6.10 Å². The number of rotatable bonds is 6. The second-order valence-electron chi connectivity index (χ2n) is 6.24. The maximum atomic E-state index is 12.1. The van der Waals surface area contributed by atoms with Crippen molar-refractivity contribution in [1.82, 2.24) is 10.6 Å². The van der Waals surface area contributed by atoms with E-state index in [9.17, 15) is 14.4 Å². The molecule has 0 aliphatic heterocycles. The summed E-state index contributed by atoms with van der Waals surface area (Å²) in [6.45, 7) is 3.02. The summed E-state index contributed by atoms with van der Waals surface area (Å²) in [6, 6.07) is 5.81. The molecule has 0 spiro atoms. The normalized spacial score (nSPS) is 16.8. The van der Waals surface area contributed by atoms with Gasteiger partial charge in [-0.3, -0.25) is 9.59 Å². The van der Waals surface area contributed by atoms with Crippen molar-refractivity contribution in [3.05, 3.63) is 34.9 Å². The summed E-state index contributed by atoms with van der Waals surface area (Å²) < 4.78 is 5.15. The van der Waals surface area contributed by atoms with Crippen molar-refractivity contribution in [2.45, 2.75) is 57.7 Å². The molecule has 0 saturated heterocycles. The van der Waals surface area contributed by atoms with Crippen molar-refractivity contribution in [2.75, 3.05) is 0 Å². The molecule has 2 amide bonds. The van der Waals surface area contributed by atoms with Crippen LogP contribution in [0.1, 0.15) is 49.9 Å². The van der Waals surface area contributed by atoms with Crippen LogP contribution >= 0.6 is 11.6 Å². The highest BCUT2D eigenvalue weighted by molar-refractivity contribution is 6.33. The molecule has 1 aliphatic carbocycles. The molecule has 136 valence electrons. The van der Waals surface area contributed by atoms with Gasteiger partial charge in [-0.1, -0.05) is 36.6 Å². The number of amides is 2. The highest BCUT2D eigenvalue weighted by Gasteiger charge is 2.26. The monoisotopic (exact) mass is 366 g/mol. The molecule has 2 N–H and O–H groups in total. The van der Waals surface area contributed by atoms with Gasteiger partial charge in [-0.15, -0.1) is 0 Å². The highest BCUT2D eigenvalue weighted by atomic mass is 35.5. The lowest BCUT2D eigenvalue weighted by Gasteiger charge is -2.19. The number of benzene rings is 1. The standard InChI is InChI=1S/C18H23ClN2O4/c1-11(20-17(23)14-9-5-6-10-15(14)19)18(24)25-12(2)16(22)21-13-7-3-4-8-13/h5-6,9-13H,3-4,7-8H2,1-2H3,(H,20,23)(H,21,22). The van der Waals surface area contributed by atoms with E-state index in [-0.39, 0.29) is 17.5 Å². The number of halogens is 1. The molecule has 0 radical (unpaired) electrons. The Hall–Kier alpha value is -2.08. The van der Waals surface area contributed by atoms with E-state index in [1.165, 1.54) is 13.8 Å². The van der Waals surface area contributed by atoms with Crippen LogP contribution in [0.15, 0.2) is 24.3 Å². The van der Waals surface area contributed by atoms with Crippen molar-refractivity contribution in [1.29, 1.82) is 0 Å². The number of hydrogen-bond acceptors (Lipinski definition) is 4.